The van der Waals surface area contributed by atoms with Crippen LogP contribution in [0.15, 0.2) is 59.0 Å². The van der Waals surface area contributed by atoms with Crippen LogP contribution in [0.2, 0.25) is 0 Å². The van der Waals surface area contributed by atoms with E-state index in [1.165, 1.54) is 73.9 Å². The molecule has 2 aromatic carbocycles. The molecule has 8 nitrogen and oxygen atoms in total. The molecule has 1 amide bonds. The molecular formula is C26H30FN3O5S. The zero-order valence-corrected chi connectivity index (χ0v) is 21.2. The van der Waals surface area contributed by atoms with Crippen LogP contribution in [-0.4, -0.2) is 79.6 Å². The van der Waals surface area contributed by atoms with Gasteiger partial charge in [0.05, 0.1) is 16.5 Å². The minimum Gasteiger partial charge on any atom is -0.507 e. The average Bonchev–Trinajstić information content (AvgIpc) is 3.13. The van der Waals surface area contributed by atoms with Gasteiger partial charge in [0.25, 0.3) is 11.7 Å². The van der Waals surface area contributed by atoms with Crippen molar-refractivity contribution in [1.29, 1.82) is 0 Å². The SMILES string of the molecule is CN(C)S(=O)(=O)c1ccc(/C(O)=C2\C(=O)C(=O)N(CCN3CCCCC3)C2c2ccc(F)cc2)cc1. The van der Waals surface area contributed by atoms with Gasteiger partial charge in [-0.2, -0.15) is 0 Å². The lowest BCUT2D eigenvalue weighted by Crippen LogP contribution is -2.39. The van der Waals surface area contributed by atoms with Crippen molar-refractivity contribution in [2.45, 2.75) is 30.2 Å². The zero-order valence-electron chi connectivity index (χ0n) is 20.4. The number of carbonyl (C=O) groups is 2. The van der Waals surface area contributed by atoms with Gasteiger partial charge >= 0.3 is 0 Å². The van der Waals surface area contributed by atoms with E-state index >= 15 is 0 Å². The molecule has 192 valence electrons. The van der Waals surface area contributed by atoms with Crippen molar-refractivity contribution in [3.05, 3.63) is 71.0 Å². The molecule has 10 heteroatoms. The highest BCUT2D eigenvalue weighted by Gasteiger charge is 2.46. The number of likely N-dealkylation sites (tertiary alicyclic amines) is 2. The molecule has 0 aliphatic carbocycles. The Balaban J connectivity index is 1.72. The van der Waals surface area contributed by atoms with Gasteiger partial charge in [-0.3, -0.25) is 9.59 Å². The summed E-state index contributed by atoms with van der Waals surface area (Å²) in [5, 5.41) is 11.2. The minimum absolute atomic E-state index is 0.0288. The van der Waals surface area contributed by atoms with Crippen LogP contribution in [0.1, 0.15) is 36.4 Å². The molecule has 36 heavy (non-hydrogen) atoms. The van der Waals surface area contributed by atoms with Crippen molar-refractivity contribution in [3.8, 4) is 0 Å². The number of rotatable bonds is 7. The molecule has 1 atom stereocenters. The Kier molecular flexibility index (Phi) is 7.58. The highest BCUT2D eigenvalue weighted by atomic mass is 32.2. The second kappa shape index (κ2) is 10.5. The number of carbonyl (C=O) groups excluding carboxylic acids is 2. The van der Waals surface area contributed by atoms with Gasteiger partial charge in [0.15, 0.2) is 0 Å². The summed E-state index contributed by atoms with van der Waals surface area (Å²) >= 11 is 0. The maximum absolute atomic E-state index is 13.7. The Hall–Kier alpha value is -3.08. The number of Topliss-reactive ketones (excluding diaryl/α,β-unsaturated/α-hetero) is 1. The third-order valence-electron chi connectivity index (χ3n) is 6.74. The predicted octanol–water partition coefficient (Wildman–Crippen LogP) is 2.98. The maximum atomic E-state index is 13.7. The monoisotopic (exact) mass is 515 g/mol. The van der Waals surface area contributed by atoms with Gasteiger partial charge in [0, 0.05) is 32.7 Å². The standard InChI is InChI=1S/C26H30FN3O5S/c1-28(2)36(34,35)21-12-8-19(9-13-21)24(31)22-23(18-6-10-20(27)11-7-18)30(26(33)25(22)32)17-16-29-14-4-3-5-15-29/h6-13,23,31H,3-5,14-17H2,1-2H3/b24-22+. The Morgan fingerprint density at radius 2 is 1.58 bits per heavy atom. The predicted molar refractivity (Wildman–Crippen MR) is 133 cm³/mol. The van der Waals surface area contributed by atoms with E-state index in [4.69, 9.17) is 0 Å². The Bertz CT molecular complexity index is 1270. The quantitative estimate of drug-likeness (QED) is 0.346. The lowest BCUT2D eigenvalue weighted by molar-refractivity contribution is -0.140. The lowest BCUT2D eigenvalue weighted by Gasteiger charge is -2.31. The van der Waals surface area contributed by atoms with Crippen molar-refractivity contribution in [2.75, 3.05) is 40.3 Å². The minimum atomic E-state index is -3.68. The number of benzene rings is 2. The Morgan fingerprint density at radius 3 is 2.17 bits per heavy atom. The number of hydrogen-bond acceptors (Lipinski definition) is 6. The number of ketones is 1. The fourth-order valence-electron chi connectivity index (χ4n) is 4.69. The van der Waals surface area contributed by atoms with E-state index in [0.29, 0.717) is 12.1 Å². The molecule has 2 heterocycles. The van der Waals surface area contributed by atoms with Crippen LogP contribution >= 0.6 is 0 Å². The van der Waals surface area contributed by atoms with Crippen LogP contribution in [0.25, 0.3) is 5.76 Å². The molecule has 0 saturated carbocycles. The van der Waals surface area contributed by atoms with E-state index in [2.05, 4.69) is 4.90 Å². The van der Waals surface area contributed by atoms with Gasteiger partial charge in [-0.15, -0.1) is 0 Å². The normalized spacial score (nSPS) is 20.9. The largest absolute Gasteiger partial charge is 0.507 e. The fraction of sp³-hybridized carbons (Fsp3) is 0.385. The molecule has 1 N–H and O–H groups in total. The highest BCUT2D eigenvalue weighted by Crippen LogP contribution is 2.39. The average molecular weight is 516 g/mol. The van der Waals surface area contributed by atoms with Crippen LogP contribution in [-0.2, 0) is 19.6 Å². The molecule has 1 unspecified atom stereocenters. The van der Waals surface area contributed by atoms with Crippen molar-refractivity contribution < 1.29 is 27.5 Å². The van der Waals surface area contributed by atoms with Crippen molar-refractivity contribution >= 4 is 27.5 Å². The number of piperidine rings is 1. The van der Waals surface area contributed by atoms with Crippen LogP contribution in [0, 0.1) is 5.82 Å². The molecule has 0 spiro atoms. The summed E-state index contributed by atoms with van der Waals surface area (Å²) in [5.41, 5.74) is 0.602. The third kappa shape index (κ3) is 5.07. The van der Waals surface area contributed by atoms with Gasteiger partial charge < -0.3 is 14.9 Å². The molecule has 0 aromatic heterocycles. The first-order valence-corrected chi connectivity index (χ1v) is 13.3. The molecule has 2 fully saturated rings. The van der Waals surface area contributed by atoms with E-state index in [0.717, 1.165) is 30.2 Å². The zero-order chi connectivity index (χ0) is 26.0. The number of sulfonamides is 1. The smallest absolute Gasteiger partial charge is 0.295 e. The summed E-state index contributed by atoms with van der Waals surface area (Å²) in [4.78, 5) is 29.9. The first kappa shape index (κ1) is 26.0. The van der Waals surface area contributed by atoms with Crippen LogP contribution < -0.4 is 0 Å². The van der Waals surface area contributed by atoms with Gasteiger partial charge in [-0.05, 0) is 67.9 Å². The first-order chi connectivity index (χ1) is 17.1. The van der Waals surface area contributed by atoms with E-state index in [9.17, 15) is 27.5 Å². The summed E-state index contributed by atoms with van der Waals surface area (Å²) in [6.45, 7) is 2.71. The molecule has 2 aromatic rings. The van der Waals surface area contributed by atoms with E-state index in [-0.39, 0.29) is 22.6 Å². The van der Waals surface area contributed by atoms with Crippen LogP contribution in [0.3, 0.4) is 0 Å². The van der Waals surface area contributed by atoms with Gasteiger partial charge in [-0.1, -0.05) is 18.6 Å². The fourth-order valence-corrected chi connectivity index (χ4v) is 5.59. The second-order valence-corrected chi connectivity index (χ2v) is 11.4. The molecule has 0 bridgehead atoms. The van der Waals surface area contributed by atoms with Crippen LogP contribution in [0.5, 0.6) is 0 Å². The summed E-state index contributed by atoms with van der Waals surface area (Å²) in [6, 6.07) is 10.1. The summed E-state index contributed by atoms with van der Waals surface area (Å²) in [6.07, 6.45) is 3.34. The Morgan fingerprint density at radius 1 is 0.972 bits per heavy atom. The van der Waals surface area contributed by atoms with E-state index in [1.807, 2.05) is 0 Å². The second-order valence-electron chi connectivity index (χ2n) is 9.26. The first-order valence-electron chi connectivity index (χ1n) is 11.9. The molecule has 0 radical (unpaired) electrons. The van der Waals surface area contributed by atoms with Crippen molar-refractivity contribution in [3.63, 3.8) is 0 Å². The maximum Gasteiger partial charge on any atom is 0.295 e. The van der Waals surface area contributed by atoms with Gasteiger partial charge in [-0.25, -0.2) is 17.1 Å². The molecule has 2 aliphatic heterocycles. The Labute approximate surface area is 210 Å². The van der Waals surface area contributed by atoms with Crippen molar-refractivity contribution in [2.24, 2.45) is 0 Å². The molecule has 4 rings (SSSR count). The van der Waals surface area contributed by atoms with Gasteiger partial charge in [0.2, 0.25) is 10.0 Å². The van der Waals surface area contributed by atoms with Gasteiger partial charge in [0.1, 0.15) is 11.6 Å². The summed E-state index contributed by atoms with van der Waals surface area (Å²) < 4.78 is 39.5. The van der Waals surface area contributed by atoms with E-state index < -0.39 is 39.3 Å². The molecule has 2 saturated heterocycles. The number of amides is 1. The highest BCUT2D eigenvalue weighted by molar-refractivity contribution is 7.89. The van der Waals surface area contributed by atoms with Crippen molar-refractivity contribution in [1.82, 2.24) is 14.1 Å². The number of aliphatic hydroxyl groups excluding tert-OH is 1. The molecular weight excluding hydrogens is 485 g/mol. The third-order valence-corrected chi connectivity index (χ3v) is 8.57. The summed E-state index contributed by atoms with van der Waals surface area (Å²) in [7, 11) is -0.849. The lowest BCUT2D eigenvalue weighted by atomic mass is 9.95. The molecule has 2 aliphatic rings. The van der Waals surface area contributed by atoms with Crippen LogP contribution in [0.4, 0.5) is 4.39 Å². The number of hydrogen-bond donors (Lipinski definition) is 1. The number of aliphatic hydroxyl groups is 1. The van der Waals surface area contributed by atoms with E-state index in [1.54, 1.807) is 0 Å². The number of nitrogens with zero attached hydrogens (tertiary/aromatic N) is 3. The topological polar surface area (TPSA) is 98.2 Å². The summed E-state index contributed by atoms with van der Waals surface area (Å²) in [5.74, 6) is -2.42. The number of halogens is 1.